The van der Waals surface area contributed by atoms with Crippen LogP contribution >= 0.6 is 0 Å². The van der Waals surface area contributed by atoms with E-state index in [1.165, 1.54) is 0 Å². The second kappa shape index (κ2) is 2.25. The van der Waals surface area contributed by atoms with E-state index >= 15 is 0 Å². The van der Waals surface area contributed by atoms with Gasteiger partial charge in [-0.25, -0.2) is 0 Å². The lowest BCUT2D eigenvalue weighted by molar-refractivity contribution is 0.965. The van der Waals surface area contributed by atoms with Crippen LogP contribution in [-0.2, 0) is 0 Å². The fraction of sp³-hybridized carbons (Fsp3) is 0.429. The zero-order valence-electron chi connectivity index (χ0n) is 6.36. The molecule has 1 N–H and O–H groups in total. The summed E-state index contributed by atoms with van der Waals surface area (Å²) >= 11 is 0. The molecule has 1 aromatic rings. The Balaban J connectivity index is 3.43. The van der Waals surface area contributed by atoms with Crippen molar-refractivity contribution in [2.45, 2.75) is 20.8 Å². The van der Waals surface area contributed by atoms with Gasteiger partial charge in [0.2, 0.25) is 0 Å². The maximum Gasteiger partial charge on any atom is 0.269 e. The molecule has 1 aromatic heterocycles. The number of aromatic amines is 1. The molecule has 0 aliphatic carbocycles. The zero-order chi connectivity index (χ0) is 7.72. The van der Waals surface area contributed by atoms with Gasteiger partial charge in [0, 0.05) is 5.69 Å². The first-order valence-electron chi connectivity index (χ1n) is 3.15. The number of H-pyrrole nitrogens is 1. The largest absolute Gasteiger partial charge is 0.323 e. The lowest BCUT2D eigenvalue weighted by Gasteiger charge is -1.97. The van der Waals surface area contributed by atoms with Crippen LogP contribution in [0.1, 0.15) is 17.1 Å². The van der Waals surface area contributed by atoms with Crippen LogP contribution in [0.3, 0.4) is 0 Å². The van der Waals surface area contributed by atoms with Crippen molar-refractivity contribution in [3.05, 3.63) is 27.4 Å². The Kier molecular flexibility index (Phi) is 1.57. The second-order valence-corrected chi connectivity index (χ2v) is 2.36. The van der Waals surface area contributed by atoms with Gasteiger partial charge in [-0.15, -0.1) is 0 Å². The molecule has 3 heteroatoms. The summed E-state index contributed by atoms with van der Waals surface area (Å²) in [6.45, 7) is 5.41. The summed E-state index contributed by atoms with van der Waals surface area (Å²) in [4.78, 5) is 17.6. The summed E-state index contributed by atoms with van der Waals surface area (Å²) in [5, 5.41) is 0. The third kappa shape index (κ3) is 1.07. The quantitative estimate of drug-likeness (QED) is 0.575. The molecule has 0 aromatic carbocycles. The van der Waals surface area contributed by atoms with Gasteiger partial charge in [-0.05, 0) is 20.8 Å². The van der Waals surface area contributed by atoms with E-state index in [0.717, 1.165) is 11.4 Å². The van der Waals surface area contributed by atoms with Crippen LogP contribution in [-0.4, -0.2) is 9.97 Å². The van der Waals surface area contributed by atoms with Gasteiger partial charge in [0.05, 0.1) is 5.69 Å². The molecule has 10 heavy (non-hydrogen) atoms. The Labute approximate surface area is 59.1 Å². The highest BCUT2D eigenvalue weighted by Crippen LogP contribution is 1.94. The van der Waals surface area contributed by atoms with Crippen LogP contribution in [0.5, 0.6) is 0 Å². The van der Waals surface area contributed by atoms with E-state index in [-0.39, 0.29) is 5.56 Å². The standard InChI is InChI=1S/C7H10N2O/c1-4-5(2)9-7(10)6(3)8-4/h1-3H3,(H,9,10)/i8+1. The molecule has 0 saturated carbocycles. The molecule has 54 valence electrons. The van der Waals surface area contributed by atoms with Crippen molar-refractivity contribution in [2.24, 2.45) is 0 Å². The SMILES string of the molecule is Cc1[nH]c(=O)c(C)[15n]c1C. The predicted octanol–water partition coefficient (Wildman–Crippen LogP) is 0.695. The Bertz CT molecular complexity index is 301. The van der Waals surface area contributed by atoms with Crippen LogP contribution in [0.2, 0.25) is 0 Å². The van der Waals surface area contributed by atoms with E-state index in [1.807, 2.05) is 13.8 Å². The summed E-state index contributed by atoms with van der Waals surface area (Å²) in [7, 11) is 0. The minimum atomic E-state index is -0.0944. The van der Waals surface area contributed by atoms with Gasteiger partial charge >= 0.3 is 0 Å². The van der Waals surface area contributed by atoms with Gasteiger partial charge in [-0.2, -0.15) is 0 Å². The molecular weight excluding hydrogens is 129 g/mol. The van der Waals surface area contributed by atoms with Crippen LogP contribution in [0.4, 0.5) is 0 Å². The molecule has 3 nitrogen and oxygen atoms in total. The topological polar surface area (TPSA) is 45.8 Å². The van der Waals surface area contributed by atoms with Crippen molar-refractivity contribution in [3.63, 3.8) is 0 Å². The van der Waals surface area contributed by atoms with Gasteiger partial charge in [0.15, 0.2) is 0 Å². The van der Waals surface area contributed by atoms with E-state index in [0.29, 0.717) is 5.69 Å². The van der Waals surface area contributed by atoms with E-state index in [2.05, 4.69) is 9.97 Å². The lowest BCUT2D eigenvalue weighted by atomic mass is 10.3. The molecule has 0 atom stereocenters. The molecule has 0 aliphatic rings. The Morgan fingerprint density at radius 3 is 2.30 bits per heavy atom. The average molecular weight is 139 g/mol. The minimum Gasteiger partial charge on any atom is -0.323 e. The van der Waals surface area contributed by atoms with Gasteiger partial charge in [0.25, 0.3) is 5.56 Å². The van der Waals surface area contributed by atoms with Crippen molar-refractivity contribution in [2.75, 3.05) is 0 Å². The molecule has 0 radical (unpaired) electrons. The van der Waals surface area contributed by atoms with Crippen LogP contribution in [0.15, 0.2) is 4.79 Å². The average Bonchev–Trinajstić information content (AvgIpc) is 1.84. The minimum absolute atomic E-state index is 0.0944. The van der Waals surface area contributed by atoms with Crippen LogP contribution < -0.4 is 5.56 Å². The van der Waals surface area contributed by atoms with Crippen molar-refractivity contribution in [1.29, 1.82) is 0 Å². The van der Waals surface area contributed by atoms with Gasteiger partial charge in [-0.3, -0.25) is 9.78 Å². The molecular formula is C7H10N2O. The van der Waals surface area contributed by atoms with Crippen molar-refractivity contribution in [1.82, 2.24) is 9.97 Å². The van der Waals surface area contributed by atoms with Crippen molar-refractivity contribution >= 4 is 0 Å². The number of nitrogens with one attached hydrogen (secondary N) is 1. The first kappa shape index (κ1) is 6.99. The summed E-state index contributed by atoms with van der Waals surface area (Å²) in [5.74, 6) is 0. The molecule has 0 spiro atoms. The van der Waals surface area contributed by atoms with Crippen molar-refractivity contribution in [3.8, 4) is 0 Å². The Hall–Kier alpha value is -1.12. The summed E-state index contributed by atoms with van der Waals surface area (Å²) in [5.41, 5.74) is 2.17. The molecule has 1 heterocycles. The second-order valence-electron chi connectivity index (χ2n) is 2.36. The maximum absolute atomic E-state index is 10.9. The van der Waals surface area contributed by atoms with Gasteiger partial charge in [0.1, 0.15) is 5.69 Å². The number of hydrogen-bond acceptors (Lipinski definition) is 2. The number of aryl methyl sites for hydroxylation is 3. The van der Waals surface area contributed by atoms with E-state index < -0.39 is 0 Å². The molecule has 0 fully saturated rings. The van der Waals surface area contributed by atoms with Gasteiger partial charge in [-0.1, -0.05) is 0 Å². The van der Waals surface area contributed by atoms with E-state index in [9.17, 15) is 4.79 Å². The molecule has 0 unspecified atom stereocenters. The predicted molar refractivity (Wildman–Crippen MR) is 39.1 cm³/mol. The lowest BCUT2D eigenvalue weighted by Crippen LogP contribution is -2.14. The highest BCUT2D eigenvalue weighted by atomic mass is 16.1. The molecule has 0 bridgehead atoms. The first-order valence-corrected chi connectivity index (χ1v) is 3.15. The summed E-state index contributed by atoms with van der Waals surface area (Å²) < 4.78 is 0. The number of rotatable bonds is 0. The Morgan fingerprint density at radius 1 is 1.20 bits per heavy atom. The number of nitrogens with zero attached hydrogens (tertiary/aromatic N) is 1. The van der Waals surface area contributed by atoms with E-state index in [1.54, 1.807) is 6.92 Å². The van der Waals surface area contributed by atoms with Gasteiger partial charge < -0.3 is 4.98 Å². The highest BCUT2D eigenvalue weighted by Gasteiger charge is 1.97. The fourth-order valence-corrected chi connectivity index (χ4v) is 0.737. The number of hydrogen-bond donors (Lipinski definition) is 1. The van der Waals surface area contributed by atoms with Crippen LogP contribution in [0, 0.1) is 20.8 Å². The third-order valence-corrected chi connectivity index (χ3v) is 1.51. The third-order valence-electron chi connectivity index (χ3n) is 1.51. The molecule has 0 saturated heterocycles. The molecule has 0 aliphatic heterocycles. The fourth-order valence-electron chi connectivity index (χ4n) is 0.737. The van der Waals surface area contributed by atoms with Crippen molar-refractivity contribution < 1.29 is 0 Å². The Morgan fingerprint density at radius 2 is 1.80 bits per heavy atom. The molecule has 1 rings (SSSR count). The molecule has 0 amide bonds. The smallest absolute Gasteiger partial charge is 0.269 e. The summed E-state index contributed by atoms with van der Waals surface area (Å²) in [6, 6.07) is 0. The van der Waals surface area contributed by atoms with E-state index in [4.69, 9.17) is 0 Å². The highest BCUT2D eigenvalue weighted by molar-refractivity contribution is 5.09. The monoisotopic (exact) mass is 139 g/mol. The number of aromatic nitrogens is 2. The maximum atomic E-state index is 10.9. The summed E-state index contributed by atoms with van der Waals surface area (Å²) in [6.07, 6.45) is 0. The first-order chi connectivity index (χ1) is 4.61. The zero-order valence-corrected chi connectivity index (χ0v) is 6.36. The van der Waals surface area contributed by atoms with Crippen LogP contribution in [0.25, 0.3) is 0 Å². The normalized spacial score (nSPS) is 9.90.